The highest BCUT2D eigenvalue weighted by Crippen LogP contribution is 2.42. The van der Waals surface area contributed by atoms with Gasteiger partial charge in [0.15, 0.2) is 11.6 Å². The molecule has 0 radical (unpaired) electrons. The van der Waals surface area contributed by atoms with Crippen LogP contribution in [0.2, 0.25) is 0 Å². The number of fused-ring (bicyclic) bond motifs is 9. The highest BCUT2D eigenvalue weighted by Gasteiger charge is 2.22. The van der Waals surface area contributed by atoms with E-state index in [1.807, 2.05) is 24.3 Å². The lowest BCUT2D eigenvalue weighted by Gasteiger charge is -2.13. The topological polar surface area (TPSA) is 56.7 Å². The van der Waals surface area contributed by atoms with E-state index in [2.05, 4.69) is 174 Å². The van der Waals surface area contributed by atoms with Gasteiger partial charge in [0.2, 0.25) is 5.95 Å². The molecular weight excluding hydrogens is 709 g/mol. The molecule has 3 heterocycles. The molecule has 0 unspecified atom stereocenters. The molecule has 0 aliphatic rings. The lowest BCUT2D eigenvalue weighted by Crippen LogP contribution is -2.07. The third-order valence-corrected chi connectivity index (χ3v) is 11.4. The molecule has 9 aromatic carbocycles. The van der Waals surface area contributed by atoms with Gasteiger partial charge in [-0.2, -0.15) is 9.97 Å². The number of nitrogens with zero attached hydrogens (tertiary/aromatic N) is 4. The minimum atomic E-state index is 0.551. The van der Waals surface area contributed by atoms with Crippen molar-refractivity contribution in [3.05, 3.63) is 194 Å². The molecule has 0 N–H and O–H groups in total. The largest absolute Gasteiger partial charge is 0.456 e. The Balaban J connectivity index is 1.13. The molecule has 0 fully saturated rings. The summed E-state index contributed by atoms with van der Waals surface area (Å²) in [6.07, 6.45) is 0. The van der Waals surface area contributed by atoms with Crippen LogP contribution in [0.1, 0.15) is 0 Å². The van der Waals surface area contributed by atoms with E-state index < -0.39 is 0 Å². The van der Waals surface area contributed by atoms with Crippen molar-refractivity contribution in [2.75, 3.05) is 0 Å². The molecule has 0 aliphatic carbocycles. The second-order valence-corrected chi connectivity index (χ2v) is 14.8. The third kappa shape index (κ3) is 5.14. The van der Waals surface area contributed by atoms with Crippen molar-refractivity contribution in [1.29, 1.82) is 0 Å². The summed E-state index contributed by atoms with van der Waals surface area (Å²) < 4.78 is 8.82. The van der Waals surface area contributed by atoms with Crippen molar-refractivity contribution in [3.8, 4) is 51.0 Å². The molecule has 12 aromatic rings. The van der Waals surface area contributed by atoms with Gasteiger partial charge in [-0.1, -0.05) is 164 Å². The standard InChI is InChI=1S/C53H32N4O/c1-3-12-33(13-4-1)34-22-24-37(25-23-34)52-54-51(36-15-5-2-6-16-36)55-53(56-52)57-46-31-39-18-8-7-17-38(39)30-45(46)43-21-11-20-42(50(43)57)40-26-28-44-48(32-40)58-47-29-27-35-14-9-10-19-41(35)49(44)47/h1-32H. The van der Waals surface area contributed by atoms with E-state index in [0.717, 1.165) is 82.5 Å². The molecule has 0 amide bonds. The zero-order chi connectivity index (χ0) is 38.2. The Morgan fingerprint density at radius 1 is 0.362 bits per heavy atom. The number of hydrogen-bond donors (Lipinski definition) is 0. The SMILES string of the molecule is c1ccc(-c2ccc(-c3nc(-c4ccccc4)nc(-n4c5cc6ccccc6cc5c5cccc(-c6ccc7c(c6)oc6ccc8ccccc8c67)c54)n3)cc2)cc1. The van der Waals surface area contributed by atoms with Gasteiger partial charge in [0.25, 0.3) is 0 Å². The molecule has 0 aliphatic heterocycles. The number of rotatable bonds is 5. The minimum Gasteiger partial charge on any atom is -0.456 e. The fourth-order valence-corrected chi connectivity index (χ4v) is 8.66. The van der Waals surface area contributed by atoms with E-state index in [1.54, 1.807) is 0 Å². The lowest BCUT2D eigenvalue weighted by atomic mass is 9.99. The van der Waals surface area contributed by atoms with Crippen LogP contribution in [0.15, 0.2) is 199 Å². The maximum absolute atomic E-state index is 6.59. The van der Waals surface area contributed by atoms with Crippen LogP contribution in [0.4, 0.5) is 0 Å². The van der Waals surface area contributed by atoms with Gasteiger partial charge in [-0.25, -0.2) is 4.98 Å². The van der Waals surface area contributed by atoms with Crippen LogP contribution in [-0.2, 0) is 0 Å². The molecule has 12 rings (SSSR count). The van der Waals surface area contributed by atoms with Crippen molar-refractivity contribution < 1.29 is 4.42 Å². The average Bonchev–Trinajstić information content (AvgIpc) is 3.84. The average molecular weight is 741 g/mol. The van der Waals surface area contributed by atoms with E-state index in [9.17, 15) is 0 Å². The predicted molar refractivity (Wildman–Crippen MR) is 238 cm³/mol. The van der Waals surface area contributed by atoms with Crippen molar-refractivity contribution in [2.24, 2.45) is 0 Å². The van der Waals surface area contributed by atoms with E-state index in [1.165, 1.54) is 16.2 Å². The maximum Gasteiger partial charge on any atom is 0.238 e. The second kappa shape index (κ2) is 12.8. The number of aromatic nitrogens is 4. The van der Waals surface area contributed by atoms with E-state index in [0.29, 0.717) is 17.6 Å². The molecule has 270 valence electrons. The Bertz CT molecular complexity index is 3550. The summed E-state index contributed by atoms with van der Waals surface area (Å²) in [6.45, 7) is 0. The van der Waals surface area contributed by atoms with Crippen LogP contribution in [0.3, 0.4) is 0 Å². The van der Waals surface area contributed by atoms with Crippen LogP contribution < -0.4 is 0 Å². The normalized spacial score (nSPS) is 11.8. The van der Waals surface area contributed by atoms with E-state index >= 15 is 0 Å². The lowest BCUT2D eigenvalue weighted by molar-refractivity contribution is 0.669. The van der Waals surface area contributed by atoms with E-state index in [-0.39, 0.29) is 0 Å². The van der Waals surface area contributed by atoms with Crippen molar-refractivity contribution in [2.45, 2.75) is 0 Å². The third-order valence-electron chi connectivity index (χ3n) is 11.4. The highest BCUT2D eigenvalue weighted by molar-refractivity contribution is 6.20. The van der Waals surface area contributed by atoms with Crippen molar-refractivity contribution in [3.63, 3.8) is 0 Å². The molecule has 5 heteroatoms. The van der Waals surface area contributed by atoms with Gasteiger partial charge in [0.05, 0.1) is 11.0 Å². The van der Waals surface area contributed by atoms with Crippen LogP contribution in [0, 0.1) is 0 Å². The summed E-state index contributed by atoms with van der Waals surface area (Å²) in [7, 11) is 0. The summed E-state index contributed by atoms with van der Waals surface area (Å²) in [5, 5.41) is 9.19. The molecular formula is C53H32N4O. The van der Waals surface area contributed by atoms with Crippen LogP contribution in [0.25, 0.3) is 116 Å². The van der Waals surface area contributed by atoms with Crippen molar-refractivity contribution in [1.82, 2.24) is 19.5 Å². The monoisotopic (exact) mass is 740 g/mol. The van der Waals surface area contributed by atoms with Gasteiger partial charge in [0, 0.05) is 38.2 Å². The summed E-state index contributed by atoms with van der Waals surface area (Å²) in [5.41, 5.74) is 10.00. The molecule has 0 spiro atoms. The summed E-state index contributed by atoms with van der Waals surface area (Å²) >= 11 is 0. The first-order valence-corrected chi connectivity index (χ1v) is 19.5. The second-order valence-electron chi connectivity index (χ2n) is 14.8. The Morgan fingerprint density at radius 2 is 0.966 bits per heavy atom. The smallest absolute Gasteiger partial charge is 0.238 e. The summed E-state index contributed by atoms with van der Waals surface area (Å²) in [4.78, 5) is 15.7. The molecule has 0 atom stereocenters. The number of para-hydroxylation sites is 1. The Labute approximate surface area is 333 Å². The molecule has 58 heavy (non-hydrogen) atoms. The zero-order valence-electron chi connectivity index (χ0n) is 31.2. The first kappa shape index (κ1) is 32.4. The van der Waals surface area contributed by atoms with Crippen LogP contribution >= 0.6 is 0 Å². The maximum atomic E-state index is 6.59. The first-order valence-electron chi connectivity index (χ1n) is 19.5. The summed E-state index contributed by atoms with van der Waals surface area (Å²) in [6, 6.07) is 68.0. The molecule has 0 bridgehead atoms. The number of hydrogen-bond acceptors (Lipinski definition) is 4. The minimum absolute atomic E-state index is 0.551. The van der Waals surface area contributed by atoms with Gasteiger partial charge in [0.1, 0.15) is 11.2 Å². The highest BCUT2D eigenvalue weighted by atomic mass is 16.3. The quantitative estimate of drug-likeness (QED) is 0.176. The Kier molecular flexibility index (Phi) is 7.16. The van der Waals surface area contributed by atoms with Crippen molar-refractivity contribution >= 4 is 65.3 Å². The van der Waals surface area contributed by atoms with Gasteiger partial charge >= 0.3 is 0 Å². The Hall–Kier alpha value is -7.89. The fraction of sp³-hybridized carbons (Fsp3) is 0. The number of benzene rings is 9. The van der Waals surface area contributed by atoms with Gasteiger partial charge in [-0.05, 0) is 68.6 Å². The zero-order valence-corrected chi connectivity index (χ0v) is 31.2. The molecule has 5 nitrogen and oxygen atoms in total. The van der Waals surface area contributed by atoms with Crippen LogP contribution in [-0.4, -0.2) is 19.5 Å². The molecule has 0 saturated heterocycles. The van der Waals surface area contributed by atoms with Gasteiger partial charge < -0.3 is 4.42 Å². The fourth-order valence-electron chi connectivity index (χ4n) is 8.66. The van der Waals surface area contributed by atoms with Gasteiger partial charge in [-0.3, -0.25) is 4.57 Å². The van der Waals surface area contributed by atoms with Crippen LogP contribution in [0.5, 0.6) is 0 Å². The number of furan rings is 1. The summed E-state index contributed by atoms with van der Waals surface area (Å²) in [5.74, 6) is 1.76. The Morgan fingerprint density at radius 3 is 1.74 bits per heavy atom. The molecule has 0 saturated carbocycles. The van der Waals surface area contributed by atoms with Gasteiger partial charge in [-0.15, -0.1) is 0 Å². The predicted octanol–water partition coefficient (Wildman–Crippen LogP) is 13.8. The molecule has 3 aromatic heterocycles. The first-order chi connectivity index (χ1) is 28.7. The van der Waals surface area contributed by atoms with E-state index in [4.69, 9.17) is 19.4 Å².